The number of rotatable bonds is 6. The average molecular weight is 306 g/mol. The van der Waals surface area contributed by atoms with Crippen molar-refractivity contribution in [3.8, 4) is 0 Å². The van der Waals surface area contributed by atoms with Gasteiger partial charge in [0.2, 0.25) is 0 Å². The molecule has 1 nitrogen and oxygen atoms in total. The molecule has 0 radical (unpaired) electrons. The fraction of sp³-hybridized carbons (Fsp3) is 0.333. The van der Waals surface area contributed by atoms with E-state index in [1.165, 1.54) is 11.6 Å². The van der Waals surface area contributed by atoms with E-state index in [0.717, 1.165) is 12.1 Å². The van der Waals surface area contributed by atoms with Crippen molar-refractivity contribution in [1.82, 2.24) is 5.32 Å². The number of likely N-dealkylation sites (N-methyl/N-ethyl adjacent to an activating group) is 1. The van der Waals surface area contributed by atoms with Crippen LogP contribution in [0, 0.1) is 5.82 Å². The average Bonchev–Trinajstić information content (AvgIpc) is 2.51. The van der Waals surface area contributed by atoms with Crippen molar-refractivity contribution in [3.05, 3.63) is 70.5 Å². The van der Waals surface area contributed by atoms with Gasteiger partial charge in [-0.3, -0.25) is 0 Å². The summed E-state index contributed by atoms with van der Waals surface area (Å²) in [4.78, 5) is 0. The molecule has 0 saturated heterocycles. The molecule has 2 unspecified atom stereocenters. The van der Waals surface area contributed by atoms with Gasteiger partial charge in [-0.15, -0.1) is 0 Å². The summed E-state index contributed by atoms with van der Waals surface area (Å²) < 4.78 is 13.6. The molecule has 0 fully saturated rings. The van der Waals surface area contributed by atoms with E-state index in [4.69, 9.17) is 11.6 Å². The van der Waals surface area contributed by atoms with Gasteiger partial charge in [-0.25, -0.2) is 4.39 Å². The molecule has 0 saturated carbocycles. The van der Waals surface area contributed by atoms with Crippen LogP contribution >= 0.6 is 11.6 Å². The number of halogens is 2. The van der Waals surface area contributed by atoms with E-state index in [9.17, 15) is 4.39 Å². The maximum atomic E-state index is 13.6. The van der Waals surface area contributed by atoms with Crippen LogP contribution in [0.2, 0.25) is 5.02 Å². The van der Waals surface area contributed by atoms with Gasteiger partial charge >= 0.3 is 0 Å². The Morgan fingerprint density at radius 3 is 2.48 bits per heavy atom. The Morgan fingerprint density at radius 1 is 1.10 bits per heavy atom. The zero-order chi connectivity index (χ0) is 15.2. The first kappa shape index (κ1) is 16.0. The molecule has 2 rings (SSSR count). The van der Waals surface area contributed by atoms with Gasteiger partial charge in [0.25, 0.3) is 0 Å². The molecule has 3 heteroatoms. The molecule has 112 valence electrons. The SMILES string of the molecule is CCNC(Cc1cccc(F)c1Cl)C(C)c1ccccc1. The third kappa shape index (κ3) is 4.05. The van der Waals surface area contributed by atoms with Crippen LogP contribution in [0.25, 0.3) is 0 Å². The van der Waals surface area contributed by atoms with E-state index >= 15 is 0 Å². The summed E-state index contributed by atoms with van der Waals surface area (Å²) in [5, 5.41) is 3.73. The van der Waals surface area contributed by atoms with Gasteiger partial charge in [0.05, 0.1) is 5.02 Å². The number of hydrogen-bond donors (Lipinski definition) is 1. The number of benzene rings is 2. The fourth-order valence-corrected chi connectivity index (χ4v) is 2.82. The van der Waals surface area contributed by atoms with Gasteiger partial charge in [-0.2, -0.15) is 0 Å². The summed E-state index contributed by atoms with van der Waals surface area (Å²) in [7, 11) is 0. The highest BCUT2D eigenvalue weighted by Crippen LogP contribution is 2.26. The first-order chi connectivity index (χ1) is 10.1. The van der Waals surface area contributed by atoms with E-state index in [-0.39, 0.29) is 16.9 Å². The molecule has 21 heavy (non-hydrogen) atoms. The van der Waals surface area contributed by atoms with Crippen LogP contribution in [0.4, 0.5) is 4.39 Å². The predicted molar refractivity (Wildman–Crippen MR) is 87.4 cm³/mol. The molecule has 0 aliphatic carbocycles. The lowest BCUT2D eigenvalue weighted by atomic mass is 9.89. The van der Waals surface area contributed by atoms with E-state index in [1.54, 1.807) is 6.07 Å². The van der Waals surface area contributed by atoms with Gasteiger partial charge in [0, 0.05) is 6.04 Å². The van der Waals surface area contributed by atoms with Gasteiger partial charge in [-0.05, 0) is 36.1 Å². The summed E-state index contributed by atoms with van der Waals surface area (Å²) >= 11 is 6.09. The van der Waals surface area contributed by atoms with Crippen LogP contribution in [-0.4, -0.2) is 12.6 Å². The zero-order valence-corrected chi connectivity index (χ0v) is 13.2. The molecule has 0 aliphatic rings. The first-order valence-electron chi connectivity index (χ1n) is 7.34. The van der Waals surface area contributed by atoms with Crippen LogP contribution in [0.1, 0.15) is 30.9 Å². The summed E-state index contributed by atoms with van der Waals surface area (Å²) in [6, 6.07) is 15.6. The molecular formula is C18H21ClFN. The minimum Gasteiger partial charge on any atom is -0.313 e. The van der Waals surface area contributed by atoms with Crippen LogP contribution in [0.5, 0.6) is 0 Å². The summed E-state index contributed by atoms with van der Waals surface area (Å²) in [6.45, 7) is 5.14. The monoisotopic (exact) mass is 305 g/mol. The van der Waals surface area contributed by atoms with Crippen LogP contribution < -0.4 is 5.32 Å². The van der Waals surface area contributed by atoms with Crippen molar-refractivity contribution in [2.45, 2.75) is 32.2 Å². The summed E-state index contributed by atoms with van der Waals surface area (Å²) in [5.74, 6) is -0.0257. The minimum atomic E-state index is -0.350. The Labute approximate surface area is 131 Å². The molecule has 0 amide bonds. The first-order valence-corrected chi connectivity index (χ1v) is 7.72. The molecule has 2 aromatic rings. The van der Waals surface area contributed by atoms with E-state index in [2.05, 4.69) is 31.3 Å². The zero-order valence-electron chi connectivity index (χ0n) is 12.4. The largest absolute Gasteiger partial charge is 0.313 e. The lowest BCUT2D eigenvalue weighted by Gasteiger charge is -2.26. The molecule has 0 heterocycles. The molecule has 0 aliphatic heterocycles. The Bertz CT molecular complexity index is 571. The Kier molecular flexibility index (Phi) is 5.77. The van der Waals surface area contributed by atoms with Crippen LogP contribution in [0.15, 0.2) is 48.5 Å². The fourth-order valence-electron chi connectivity index (χ4n) is 2.62. The Morgan fingerprint density at radius 2 is 1.81 bits per heavy atom. The lowest BCUT2D eigenvalue weighted by molar-refractivity contribution is 0.457. The predicted octanol–water partition coefficient (Wildman–Crippen LogP) is 4.80. The highest BCUT2D eigenvalue weighted by Gasteiger charge is 2.20. The maximum absolute atomic E-state index is 13.6. The number of hydrogen-bond acceptors (Lipinski definition) is 1. The third-order valence-electron chi connectivity index (χ3n) is 3.87. The second-order valence-corrected chi connectivity index (χ2v) is 5.66. The molecule has 0 spiro atoms. The maximum Gasteiger partial charge on any atom is 0.142 e. The third-order valence-corrected chi connectivity index (χ3v) is 4.29. The molecule has 0 aromatic heterocycles. The van der Waals surface area contributed by atoms with Gasteiger partial charge in [0.1, 0.15) is 5.82 Å². The molecule has 1 N–H and O–H groups in total. The van der Waals surface area contributed by atoms with Crippen molar-refractivity contribution in [2.75, 3.05) is 6.54 Å². The van der Waals surface area contributed by atoms with Crippen LogP contribution in [0.3, 0.4) is 0 Å². The molecule has 0 bridgehead atoms. The van der Waals surface area contributed by atoms with Crippen molar-refractivity contribution in [2.24, 2.45) is 0 Å². The normalized spacial score (nSPS) is 13.9. The van der Waals surface area contributed by atoms with Crippen LogP contribution in [-0.2, 0) is 6.42 Å². The summed E-state index contributed by atoms with van der Waals surface area (Å²) in [5.41, 5.74) is 2.13. The summed E-state index contributed by atoms with van der Waals surface area (Å²) in [6.07, 6.45) is 0.709. The van der Waals surface area contributed by atoms with Gasteiger partial charge in [-0.1, -0.05) is 67.9 Å². The quantitative estimate of drug-likeness (QED) is 0.808. The van der Waals surface area contributed by atoms with Crippen molar-refractivity contribution < 1.29 is 4.39 Å². The highest BCUT2D eigenvalue weighted by atomic mass is 35.5. The Balaban J connectivity index is 2.21. The van der Waals surface area contributed by atoms with E-state index in [0.29, 0.717) is 12.3 Å². The van der Waals surface area contributed by atoms with E-state index in [1.807, 2.05) is 24.3 Å². The van der Waals surface area contributed by atoms with Crippen molar-refractivity contribution in [3.63, 3.8) is 0 Å². The second-order valence-electron chi connectivity index (χ2n) is 5.28. The molecule has 2 atom stereocenters. The standard InChI is InChI=1S/C18H21ClFN/c1-3-21-17(13(2)14-8-5-4-6-9-14)12-15-10-7-11-16(20)18(15)19/h4-11,13,17,21H,3,12H2,1-2H3. The Hall–Kier alpha value is -1.38. The number of nitrogens with one attached hydrogen (secondary N) is 1. The lowest BCUT2D eigenvalue weighted by Crippen LogP contribution is -2.35. The van der Waals surface area contributed by atoms with Gasteiger partial charge in [0.15, 0.2) is 0 Å². The molecule has 2 aromatic carbocycles. The minimum absolute atomic E-state index is 0.219. The topological polar surface area (TPSA) is 12.0 Å². The van der Waals surface area contributed by atoms with E-state index < -0.39 is 0 Å². The highest BCUT2D eigenvalue weighted by molar-refractivity contribution is 6.31. The van der Waals surface area contributed by atoms with Crippen molar-refractivity contribution in [1.29, 1.82) is 0 Å². The smallest absolute Gasteiger partial charge is 0.142 e. The van der Waals surface area contributed by atoms with Crippen molar-refractivity contribution >= 4 is 11.6 Å². The molecular weight excluding hydrogens is 285 g/mol. The second kappa shape index (κ2) is 7.58. The van der Waals surface area contributed by atoms with Gasteiger partial charge < -0.3 is 5.32 Å².